The summed E-state index contributed by atoms with van der Waals surface area (Å²) in [6.07, 6.45) is -11.3. The van der Waals surface area contributed by atoms with Crippen molar-refractivity contribution in [3.63, 3.8) is 0 Å². The first-order valence-corrected chi connectivity index (χ1v) is 14.1. The average molecular weight is 610 g/mol. The van der Waals surface area contributed by atoms with E-state index in [0.717, 1.165) is 12.0 Å². The Labute approximate surface area is 237 Å². The van der Waals surface area contributed by atoms with Crippen molar-refractivity contribution >= 4 is 11.7 Å². The molecule has 1 aromatic carbocycles. The van der Waals surface area contributed by atoms with Crippen molar-refractivity contribution in [3.8, 4) is 0 Å². The summed E-state index contributed by atoms with van der Waals surface area (Å²) in [7, 11) is 0. The fourth-order valence-electron chi connectivity index (χ4n) is 8.87. The second kappa shape index (κ2) is 9.74. The van der Waals surface area contributed by atoms with Crippen LogP contribution in [-0.4, -0.2) is 24.0 Å². The molecule has 0 heterocycles. The Morgan fingerprint density at radius 3 is 1.95 bits per heavy atom. The summed E-state index contributed by atoms with van der Waals surface area (Å²) in [6, 6.07) is 0.536. The number of amides is 1. The minimum absolute atomic E-state index is 0.0880. The average Bonchev–Trinajstić information content (AvgIpc) is 3.23. The molecule has 12 heteroatoms. The van der Waals surface area contributed by atoms with Gasteiger partial charge in [0.2, 0.25) is 5.91 Å². The van der Waals surface area contributed by atoms with Crippen LogP contribution in [0.3, 0.4) is 0 Å². The molecular formula is C30H32F9NO2. The Balaban J connectivity index is 1.46. The quantitative estimate of drug-likeness (QED) is 0.351. The fourth-order valence-corrected chi connectivity index (χ4v) is 8.87. The predicted octanol–water partition coefficient (Wildman–Crippen LogP) is 8.29. The van der Waals surface area contributed by atoms with Crippen LogP contribution in [0.2, 0.25) is 0 Å². The number of rotatable bonds is 3. The van der Waals surface area contributed by atoms with Crippen LogP contribution >= 0.6 is 0 Å². The van der Waals surface area contributed by atoms with Crippen molar-refractivity contribution in [3.05, 3.63) is 47.0 Å². The number of nitrogens with one attached hydrogen (secondary N) is 1. The highest BCUT2D eigenvalue weighted by molar-refractivity contribution is 5.91. The third-order valence-electron chi connectivity index (χ3n) is 11.1. The molecule has 3 nitrogen and oxygen atoms in total. The van der Waals surface area contributed by atoms with Crippen molar-refractivity contribution < 1.29 is 49.1 Å². The number of benzene rings is 1. The van der Waals surface area contributed by atoms with Crippen molar-refractivity contribution in [1.29, 1.82) is 0 Å². The highest BCUT2D eigenvalue weighted by atomic mass is 19.4. The smallest absolute Gasteiger partial charge is 0.331 e. The Morgan fingerprint density at radius 1 is 0.786 bits per heavy atom. The van der Waals surface area contributed by atoms with E-state index < -0.39 is 52.4 Å². The van der Waals surface area contributed by atoms with Gasteiger partial charge in [0.05, 0.1) is 5.56 Å². The number of hydrogen-bond donors (Lipinski definition) is 1. The lowest BCUT2D eigenvalue weighted by Crippen LogP contribution is -2.66. The molecule has 3 fully saturated rings. The highest BCUT2D eigenvalue weighted by Gasteiger charge is 2.73. The van der Waals surface area contributed by atoms with Gasteiger partial charge in [-0.1, -0.05) is 31.6 Å². The number of alkyl halides is 9. The molecule has 1 N–H and O–H groups in total. The van der Waals surface area contributed by atoms with E-state index in [1.54, 1.807) is 13.0 Å². The van der Waals surface area contributed by atoms with Gasteiger partial charge in [0.15, 0.2) is 5.78 Å². The van der Waals surface area contributed by atoms with Gasteiger partial charge in [-0.25, -0.2) is 0 Å². The maximum Gasteiger partial charge on any atom is 0.424 e. The van der Waals surface area contributed by atoms with Gasteiger partial charge in [-0.05, 0) is 97.3 Å². The summed E-state index contributed by atoms with van der Waals surface area (Å²) in [5.74, 6) is -2.24. The molecule has 3 saturated carbocycles. The zero-order valence-electron chi connectivity index (χ0n) is 23.1. The molecule has 6 atom stereocenters. The van der Waals surface area contributed by atoms with E-state index in [0.29, 0.717) is 38.5 Å². The Bertz CT molecular complexity index is 1270. The number of fused-ring (bicyclic) bond motifs is 5. The summed E-state index contributed by atoms with van der Waals surface area (Å²) in [6.45, 7) is 3.90. The van der Waals surface area contributed by atoms with E-state index in [9.17, 15) is 49.1 Å². The summed E-state index contributed by atoms with van der Waals surface area (Å²) >= 11 is 0. The molecular weight excluding hydrogens is 577 g/mol. The largest absolute Gasteiger partial charge is 0.424 e. The van der Waals surface area contributed by atoms with E-state index in [2.05, 4.69) is 6.92 Å². The minimum atomic E-state index is -6.10. The number of carbonyl (C=O) groups excluding carboxylic acids is 2. The summed E-state index contributed by atoms with van der Waals surface area (Å²) in [5, 5.41) is 1.30. The zero-order chi connectivity index (χ0) is 31.1. The zero-order valence-corrected chi connectivity index (χ0v) is 23.1. The van der Waals surface area contributed by atoms with Gasteiger partial charge in [0.25, 0.3) is 5.54 Å². The SMILES string of the molecule is C[C@]12CCC(=O)C=C1CCC1C2CC[C@@]2(C)C1CC[C@@H]2C(=O)NC(c1ccc(C(F)(F)F)cc1)(C(F)(F)F)C(F)(F)F. The first-order valence-electron chi connectivity index (χ1n) is 14.1. The molecule has 0 bridgehead atoms. The molecule has 0 aromatic heterocycles. The molecule has 1 aromatic rings. The van der Waals surface area contributed by atoms with Crippen LogP contribution in [0.1, 0.15) is 76.3 Å². The van der Waals surface area contributed by atoms with Crippen molar-refractivity contribution in [2.75, 3.05) is 0 Å². The van der Waals surface area contributed by atoms with Gasteiger partial charge in [-0.3, -0.25) is 9.59 Å². The van der Waals surface area contributed by atoms with Crippen LogP contribution < -0.4 is 5.32 Å². The van der Waals surface area contributed by atoms with Gasteiger partial charge in [0.1, 0.15) is 0 Å². The van der Waals surface area contributed by atoms with Gasteiger partial charge >= 0.3 is 18.5 Å². The lowest BCUT2D eigenvalue weighted by molar-refractivity contribution is -0.312. The summed E-state index contributed by atoms with van der Waals surface area (Å²) in [5.41, 5.74) is -7.80. The molecule has 4 aliphatic rings. The molecule has 0 spiro atoms. The standard InChI is InChI=1S/C30H32F9NO2/c1-25-13-11-19(41)15-18(25)7-8-20-21-9-10-23(26(21,2)14-12-22(20)25)24(42)40-27(29(34,35)36,30(37,38)39)16-3-5-17(6-4-16)28(31,32)33/h3-6,15,20-23H,7-14H2,1-2H3,(H,40,42)/t20?,21?,22?,23-,25+,26+/m1/s1. The fraction of sp³-hybridized carbons (Fsp3) is 0.667. The molecule has 0 radical (unpaired) electrons. The molecule has 5 rings (SSSR count). The molecule has 232 valence electrons. The molecule has 0 saturated heterocycles. The third kappa shape index (κ3) is 4.57. The van der Waals surface area contributed by atoms with Crippen molar-refractivity contribution in [2.45, 2.75) is 89.3 Å². The van der Waals surface area contributed by atoms with Crippen LogP contribution in [0.5, 0.6) is 0 Å². The molecule has 3 unspecified atom stereocenters. The monoisotopic (exact) mass is 609 g/mol. The Kier molecular flexibility index (Phi) is 7.17. The normalized spacial score (nSPS) is 33.8. The lowest BCUT2D eigenvalue weighted by atomic mass is 9.47. The summed E-state index contributed by atoms with van der Waals surface area (Å²) in [4.78, 5) is 25.6. The van der Waals surface area contributed by atoms with E-state index >= 15 is 0 Å². The van der Waals surface area contributed by atoms with Gasteiger partial charge in [0, 0.05) is 12.3 Å². The topological polar surface area (TPSA) is 46.2 Å². The van der Waals surface area contributed by atoms with Crippen LogP contribution in [0, 0.1) is 34.5 Å². The maximum absolute atomic E-state index is 14.4. The lowest BCUT2D eigenvalue weighted by Gasteiger charge is -2.58. The minimum Gasteiger partial charge on any atom is -0.331 e. The number of hydrogen-bond acceptors (Lipinski definition) is 2. The van der Waals surface area contributed by atoms with Crippen LogP contribution in [0.4, 0.5) is 39.5 Å². The van der Waals surface area contributed by atoms with E-state index in [-0.39, 0.29) is 59.6 Å². The predicted molar refractivity (Wildman–Crippen MR) is 134 cm³/mol. The van der Waals surface area contributed by atoms with E-state index in [1.165, 1.54) is 5.32 Å². The highest BCUT2D eigenvalue weighted by Crippen LogP contribution is 2.67. The number of allylic oxidation sites excluding steroid dienone is 1. The van der Waals surface area contributed by atoms with Crippen LogP contribution in [0.25, 0.3) is 0 Å². The number of carbonyl (C=O) groups is 2. The molecule has 1 amide bonds. The second-order valence-corrected chi connectivity index (χ2v) is 13.0. The van der Waals surface area contributed by atoms with E-state index in [4.69, 9.17) is 0 Å². The van der Waals surface area contributed by atoms with Gasteiger partial charge < -0.3 is 5.32 Å². The van der Waals surface area contributed by atoms with E-state index in [1.807, 2.05) is 0 Å². The first kappa shape index (κ1) is 30.9. The number of halogens is 9. The second-order valence-electron chi connectivity index (χ2n) is 13.0. The maximum atomic E-state index is 14.4. The van der Waals surface area contributed by atoms with Crippen LogP contribution in [-0.2, 0) is 21.3 Å². The number of ketones is 1. The summed E-state index contributed by atoms with van der Waals surface area (Å²) < 4.78 is 126. The molecule has 42 heavy (non-hydrogen) atoms. The Hall–Kier alpha value is -2.53. The van der Waals surface area contributed by atoms with Gasteiger partial charge in [-0.15, -0.1) is 0 Å². The molecule has 0 aliphatic heterocycles. The first-order chi connectivity index (χ1) is 19.3. The van der Waals surface area contributed by atoms with Crippen LogP contribution in [0.15, 0.2) is 35.9 Å². The van der Waals surface area contributed by atoms with Crippen molar-refractivity contribution in [1.82, 2.24) is 5.32 Å². The van der Waals surface area contributed by atoms with Gasteiger partial charge in [-0.2, -0.15) is 39.5 Å². The molecule has 4 aliphatic carbocycles. The third-order valence-corrected chi connectivity index (χ3v) is 11.1. The Morgan fingerprint density at radius 2 is 1.38 bits per heavy atom. The van der Waals surface area contributed by atoms with Crippen molar-refractivity contribution in [2.24, 2.45) is 34.5 Å².